The number of allylic oxidation sites excluding steroid dienone is 1. The Kier molecular flexibility index (Phi) is 5.13. The van der Waals surface area contributed by atoms with Crippen molar-refractivity contribution in [3.05, 3.63) is 57.2 Å². The lowest BCUT2D eigenvalue weighted by atomic mass is 10.1. The number of nitrogens with zero attached hydrogens (tertiary/aromatic N) is 2. The van der Waals surface area contributed by atoms with E-state index in [1.54, 1.807) is 0 Å². The number of aliphatic hydroxyl groups excluding tert-OH is 1. The van der Waals surface area contributed by atoms with E-state index in [2.05, 4.69) is 9.97 Å². The number of nitriles is 1. The third-order valence-electron chi connectivity index (χ3n) is 4.81. The van der Waals surface area contributed by atoms with E-state index < -0.39 is 5.97 Å². The summed E-state index contributed by atoms with van der Waals surface area (Å²) in [5, 5.41) is 19.7. The number of para-hydroxylation sites is 2. The number of thiophene rings is 1. The van der Waals surface area contributed by atoms with Crippen LogP contribution in [0.15, 0.2) is 36.1 Å². The minimum atomic E-state index is -0.480. The highest BCUT2D eigenvalue weighted by Gasteiger charge is 2.19. The van der Waals surface area contributed by atoms with Gasteiger partial charge >= 0.3 is 5.97 Å². The maximum absolute atomic E-state index is 12.4. The van der Waals surface area contributed by atoms with Gasteiger partial charge in [0.2, 0.25) is 0 Å². The van der Waals surface area contributed by atoms with E-state index in [0.29, 0.717) is 10.4 Å². The second-order valence-corrected chi connectivity index (χ2v) is 7.87. The number of ether oxygens (including phenoxy) is 1. The Morgan fingerprint density at radius 3 is 2.93 bits per heavy atom. The van der Waals surface area contributed by atoms with E-state index in [4.69, 9.17) is 4.74 Å². The fraction of sp³-hybridized carbons (Fsp3) is 0.286. The second-order valence-electron chi connectivity index (χ2n) is 6.73. The normalized spacial score (nSPS) is 14.7. The molecule has 0 fully saturated rings. The quantitative estimate of drug-likeness (QED) is 0.293. The molecule has 142 valence electrons. The first-order valence-electron chi connectivity index (χ1n) is 9.21. The molecule has 3 aromatic rings. The molecule has 6 nitrogen and oxygen atoms in total. The topological polar surface area (TPSA) is 99.0 Å². The molecule has 1 aromatic carbocycles. The van der Waals surface area contributed by atoms with Crippen LogP contribution in [0.4, 0.5) is 0 Å². The van der Waals surface area contributed by atoms with E-state index in [1.807, 2.05) is 36.4 Å². The molecule has 0 saturated heterocycles. The minimum Gasteiger partial charge on any atom is -0.507 e. The number of carbonyl (C=O) groups is 1. The van der Waals surface area contributed by atoms with Crippen LogP contribution in [0.5, 0.6) is 0 Å². The smallest absolute Gasteiger partial charge is 0.348 e. The summed E-state index contributed by atoms with van der Waals surface area (Å²) in [4.78, 5) is 21.5. The molecular formula is C21H19N3O3S. The van der Waals surface area contributed by atoms with Crippen molar-refractivity contribution in [1.29, 1.82) is 5.26 Å². The lowest BCUT2D eigenvalue weighted by Crippen LogP contribution is -2.08. The highest BCUT2D eigenvalue weighted by Crippen LogP contribution is 2.29. The van der Waals surface area contributed by atoms with E-state index in [-0.39, 0.29) is 23.8 Å². The number of hydrogen-bond donors (Lipinski definition) is 2. The first kappa shape index (κ1) is 18.3. The Morgan fingerprint density at radius 2 is 2.11 bits per heavy atom. The Hall–Kier alpha value is -3.11. The molecule has 2 heterocycles. The zero-order chi connectivity index (χ0) is 19.5. The van der Waals surface area contributed by atoms with Gasteiger partial charge in [0.05, 0.1) is 11.0 Å². The minimum absolute atomic E-state index is 0.0361. The van der Waals surface area contributed by atoms with Gasteiger partial charge in [-0.1, -0.05) is 18.6 Å². The number of benzene rings is 1. The predicted molar refractivity (Wildman–Crippen MR) is 107 cm³/mol. The average molecular weight is 393 g/mol. The van der Waals surface area contributed by atoms with Crippen LogP contribution in [0.1, 0.15) is 45.2 Å². The van der Waals surface area contributed by atoms with Crippen LogP contribution in [0, 0.1) is 11.3 Å². The maximum Gasteiger partial charge on any atom is 0.348 e. The van der Waals surface area contributed by atoms with Crippen LogP contribution >= 0.6 is 11.3 Å². The van der Waals surface area contributed by atoms with Gasteiger partial charge in [0.15, 0.2) is 11.6 Å². The lowest BCUT2D eigenvalue weighted by molar-refractivity contribution is 0.0508. The Morgan fingerprint density at radius 1 is 1.29 bits per heavy atom. The van der Waals surface area contributed by atoms with Crippen LogP contribution in [-0.4, -0.2) is 27.7 Å². The number of esters is 1. The van der Waals surface area contributed by atoms with Crippen molar-refractivity contribution in [1.82, 2.24) is 9.97 Å². The summed E-state index contributed by atoms with van der Waals surface area (Å²) in [6, 6.07) is 11.2. The van der Waals surface area contributed by atoms with Gasteiger partial charge in [-0.2, -0.15) is 5.26 Å². The lowest BCUT2D eigenvalue weighted by Gasteiger charge is -2.04. The third-order valence-corrected chi connectivity index (χ3v) is 6.03. The third kappa shape index (κ3) is 3.64. The molecule has 7 heteroatoms. The Balaban J connectivity index is 1.49. The highest BCUT2D eigenvalue weighted by molar-refractivity contribution is 7.14. The van der Waals surface area contributed by atoms with E-state index >= 15 is 0 Å². The molecule has 0 unspecified atom stereocenters. The van der Waals surface area contributed by atoms with Crippen molar-refractivity contribution < 1.29 is 14.6 Å². The fourth-order valence-electron chi connectivity index (χ4n) is 3.37. The van der Waals surface area contributed by atoms with Gasteiger partial charge in [-0.05, 0) is 49.4 Å². The molecule has 0 saturated carbocycles. The molecule has 2 N–H and O–H groups in total. The van der Waals surface area contributed by atoms with Crippen molar-refractivity contribution in [3.63, 3.8) is 0 Å². The molecule has 0 amide bonds. The van der Waals surface area contributed by atoms with Gasteiger partial charge in [-0.25, -0.2) is 9.78 Å². The van der Waals surface area contributed by atoms with Crippen LogP contribution in [-0.2, 0) is 17.6 Å². The molecule has 0 radical (unpaired) electrons. The summed E-state index contributed by atoms with van der Waals surface area (Å²) in [6.45, 7) is -0.374. The first-order valence-corrected chi connectivity index (χ1v) is 10.0. The van der Waals surface area contributed by atoms with Crippen LogP contribution < -0.4 is 0 Å². The summed E-state index contributed by atoms with van der Waals surface area (Å²) >= 11 is 1.47. The van der Waals surface area contributed by atoms with Crippen LogP contribution in [0.2, 0.25) is 0 Å². The molecular weight excluding hydrogens is 374 g/mol. The first-order chi connectivity index (χ1) is 13.7. The van der Waals surface area contributed by atoms with Gasteiger partial charge in [0, 0.05) is 4.88 Å². The average Bonchev–Trinajstić information content (AvgIpc) is 3.24. The molecule has 0 bridgehead atoms. The van der Waals surface area contributed by atoms with Crippen LogP contribution in [0.3, 0.4) is 0 Å². The zero-order valence-corrected chi connectivity index (χ0v) is 16.0. The summed E-state index contributed by atoms with van der Waals surface area (Å²) in [5.74, 6) is -0.556. The molecule has 1 aliphatic carbocycles. The molecule has 0 atom stereocenters. The summed E-state index contributed by atoms with van der Waals surface area (Å²) in [5.41, 5.74) is 2.64. The van der Waals surface area contributed by atoms with Crippen molar-refractivity contribution in [2.45, 2.75) is 32.1 Å². The predicted octanol–water partition coefficient (Wildman–Crippen LogP) is 4.54. The highest BCUT2D eigenvalue weighted by atomic mass is 32.1. The summed E-state index contributed by atoms with van der Waals surface area (Å²) in [6.07, 6.45) is 5.51. The van der Waals surface area contributed by atoms with Crippen molar-refractivity contribution in [2.75, 3.05) is 6.61 Å². The number of aliphatic hydroxyl groups is 1. The SMILES string of the molecule is N#C/C(=C(/O)COC(=O)c1cc2c(s1)CCCCC2)c1nc2ccccc2[nH]1. The van der Waals surface area contributed by atoms with Gasteiger partial charge in [-0.3, -0.25) is 0 Å². The number of H-pyrrole nitrogens is 1. The number of aromatic amines is 1. The van der Waals surface area contributed by atoms with Crippen molar-refractivity contribution in [3.8, 4) is 6.07 Å². The fourth-order valence-corrected chi connectivity index (χ4v) is 4.52. The van der Waals surface area contributed by atoms with E-state index in [1.165, 1.54) is 28.2 Å². The molecule has 1 aliphatic rings. The maximum atomic E-state index is 12.4. The molecule has 0 spiro atoms. The summed E-state index contributed by atoms with van der Waals surface area (Å²) in [7, 11) is 0. The number of hydrogen-bond acceptors (Lipinski definition) is 6. The number of nitrogens with one attached hydrogen (secondary N) is 1. The largest absolute Gasteiger partial charge is 0.507 e. The molecule has 4 rings (SSSR count). The van der Waals surface area contributed by atoms with Crippen molar-refractivity contribution >= 4 is 33.9 Å². The Labute approximate surface area is 166 Å². The number of fused-ring (bicyclic) bond motifs is 2. The molecule has 28 heavy (non-hydrogen) atoms. The molecule has 2 aromatic heterocycles. The van der Waals surface area contributed by atoms with Crippen molar-refractivity contribution in [2.24, 2.45) is 0 Å². The number of aryl methyl sites for hydroxylation is 2. The van der Waals surface area contributed by atoms with Crippen LogP contribution in [0.25, 0.3) is 16.6 Å². The molecule has 0 aliphatic heterocycles. The number of aromatic nitrogens is 2. The summed E-state index contributed by atoms with van der Waals surface area (Å²) < 4.78 is 5.25. The number of imidazole rings is 1. The van der Waals surface area contributed by atoms with Gasteiger partial charge < -0.3 is 14.8 Å². The van der Waals surface area contributed by atoms with E-state index in [9.17, 15) is 15.2 Å². The van der Waals surface area contributed by atoms with Gasteiger partial charge in [0.25, 0.3) is 0 Å². The number of rotatable bonds is 4. The monoisotopic (exact) mass is 393 g/mol. The van der Waals surface area contributed by atoms with E-state index in [0.717, 1.165) is 31.2 Å². The zero-order valence-electron chi connectivity index (χ0n) is 15.2. The number of carbonyl (C=O) groups excluding carboxylic acids is 1. The Bertz CT molecular complexity index is 1050. The van der Waals surface area contributed by atoms with Gasteiger partial charge in [0.1, 0.15) is 23.1 Å². The van der Waals surface area contributed by atoms with Gasteiger partial charge in [-0.15, -0.1) is 11.3 Å². The second kappa shape index (κ2) is 7.87. The standard InChI is InChI=1S/C21H19N3O3S/c22-11-14(20-23-15-7-4-5-8-16(15)24-20)17(25)12-27-21(26)19-10-13-6-2-1-3-9-18(13)28-19/h4-5,7-8,10,25H,1-3,6,9,12H2,(H,23,24)/b17-14-.